The molecule has 2 aromatic carbocycles. The number of methoxy groups -OCH3 is 1. The van der Waals surface area contributed by atoms with Crippen LogP contribution in [0.3, 0.4) is 0 Å². The molecule has 0 aliphatic heterocycles. The van der Waals surface area contributed by atoms with Crippen LogP contribution in [0.5, 0.6) is 11.5 Å². The van der Waals surface area contributed by atoms with Crippen LogP contribution >= 0.6 is 39.1 Å². The summed E-state index contributed by atoms with van der Waals surface area (Å²) in [5.74, 6) is 1.26. The predicted octanol–water partition coefficient (Wildman–Crippen LogP) is 4.68. The summed E-state index contributed by atoms with van der Waals surface area (Å²) in [6.07, 6.45) is 3.17. The second-order valence-electron chi connectivity index (χ2n) is 5.34. The number of benzene rings is 2. The fourth-order valence-corrected chi connectivity index (χ4v) is 3.02. The zero-order chi connectivity index (χ0) is 18.5. The van der Waals surface area contributed by atoms with Crippen molar-refractivity contribution in [3.8, 4) is 11.5 Å². The number of hydrogen-bond donors (Lipinski definition) is 1. The number of nitrogens with one attached hydrogen (secondary N) is 1. The summed E-state index contributed by atoms with van der Waals surface area (Å²) in [5.41, 5.74) is 5.07. The standard InChI is InChI=1S/C17H15BrCl2N4O2/c1-25-16-5-12(7-23-24-9-21-22-10-24)13(18)6-17(16)26-8-11-2-3-14(19)15(20)4-11/h2-6,9-10,23H,7-8H2,1H3. The van der Waals surface area contributed by atoms with Crippen molar-refractivity contribution < 1.29 is 9.47 Å². The molecular weight excluding hydrogens is 443 g/mol. The third-order valence-corrected chi connectivity index (χ3v) is 5.06. The van der Waals surface area contributed by atoms with Gasteiger partial charge in [-0.3, -0.25) is 0 Å². The van der Waals surface area contributed by atoms with Crippen LogP contribution < -0.4 is 14.9 Å². The lowest BCUT2D eigenvalue weighted by molar-refractivity contribution is 0.284. The SMILES string of the molecule is COc1cc(CNn2cnnc2)c(Br)cc1OCc1ccc(Cl)c(Cl)c1. The first-order valence-electron chi connectivity index (χ1n) is 7.58. The number of aromatic nitrogens is 3. The molecule has 1 N–H and O–H groups in total. The Labute approximate surface area is 169 Å². The lowest BCUT2D eigenvalue weighted by Gasteiger charge is -2.15. The van der Waals surface area contributed by atoms with Crippen molar-refractivity contribution in [1.29, 1.82) is 0 Å². The first-order chi connectivity index (χ1) is 12.6. The van der Waals surface area contributed by atoms with Crippen molar-refractivity contribution in [2.75, 3.05) is 12.5 Å². The number of rotatable bonds is 7. The zero-order valence-electron chi connectivity index (χ0n) is 13.7. The molecule has 0 aliphatic carbocycles. The number of halogens is 3. The summed E-state index contributed by atoms with van der Waals surface area (Å²) in [6.45, 7) is 0.903. The highest BCUT2D eigenvalue weighted by atomic mass is 79.9. The monoisotopic (exact) mass is 456 g/mol. The maximum absolute atomic E-state index is 6.04. The van der Waals surface area contributed by atoms with Crippen molar-refractivity contribution in [3.05, 3.63) is 68.6 Å². The number of ether oxygens (including phenoxy) is 2. The van der Waals surface area contributed by atoms with Gasteiger partial charge in [-0.2, -0.15) is 0 Å². The summed E-state index contributed by atoms with van der Waals surface area (Å²) in [7, 11) is 1.60. The molecule has 136 valence electrons. The average Bonchev–Trinajstić information content (AvgIpc) is 3.15. The molecule has 0 atom stereocenters. The second-order valence-corrected chi connectivity index (χ2v) is 7.00. The third-order valence-electron chi connectivity index (χ3n) is 3.58. The maximum atomic E-state index is 6.04. The normalized spacial score (nSPS) is 10.6. The van der Waals surface area contributed by atoms with E-state index in [0.717, 1.165) is 15.6 Å². The smallest absolute Gasteiger partial charge is 0.162 e. The fraction of sp³-hybridized carbons (Fsp3) is 0.176. The molecule has 0 amide bonds. The van der Waals surface area contributed by atoms with Gasteiger partial charge in [-0.1, -0.05) is 45.2 Å². The highest BCUT2D eigenvalue weighted by Gasteiger charge is 2.11. The van der Waals surface area contributed by atoms with Crippen molar-refractivity contribution >= 4 is 39.1 Å². The lowest BCUT2D eigenvalue weighted by atomic mass is 10.2. The Hall–Kier alpha value is -1.96. The summed E-state index contributed by atoms with van der Waals surface area (Å²) < 4.78 is 13.9. The molecule has 0 saturated heterocycles. The minimum absolute atomic E-state index is 0.345. The number of hydrogen-bond acceptors (Lipinski definition) is 5. The van der Waals surface area contributed by atoms with Crippen LogP contribution in [0.2, 0.25) is 10.0 Å². The number of nitrogens with zero attached hydrogens (tertiary/aromatic N) is 3. The van der Waals surface area contributed by atoms with Gasteiger partial charge in [-0.15, -0.1) is 10.2 Å². The molecule has 0 bridgehead atoms. The Morgan fingerprint density at radius 1 is 1.08 bits per heavy atom. The quantitative estimate of drug-likeness (QED) is 0.558. The van der Waals surface area contributed by atoms with Crippen LogP contribution in [0, 0.1) is 0 Å². The summed E-state index contributed by atoms with van der Waals surface area (Å²) in [4.78, 5) is 0. The molecule has 0 saturated carbocycles. The van der Waals surface area contributed by atoms with Gasteiger partial charge in [-0.25, -0.2) is 4.68 Å². The minimum Gasteiger partial charge on any atom is -0.493 e. The minimum atomic E-state index is 0.345. The van der Waals surface area contributed by atoms with Crippen molar-refractivity contribution in [2.45, 2.75) is 13.2 Å². The van der Waals surface area contributed by atoms with E-state index in [1.54, 1.807) is 36.6 Å². The summed E-state index contributed by atoms with van der Waals surface area (Å²) >= 11 is 15.5. The molecule has 0 aliphatic rings. The fourth-order valence-electron chi connectivity index (χ4n) is 2.23. The molecule has 6 nitrogen and oxygen atoms in total. The third kappa shape index (κ3) is 4.60. The molecule has 0 radical (unpaired) electrons. The molecule has 26 heavy (non-hydrogen) atoms. The van der Waals surface area contributed by atoms with Gasteiger partial charge in [0.15, 0.2) is 11.5 Å². The van der Waals surface area contributed by atoms with Gasteiger partial charge < -0.3 is 14.9 Å². The van der Waals surface area contributed by atoms with E-state index in [1.807, 2.05) is 18.2 Å². The molecular formula is C17H15BrCl2N4O2. The zero-order valence-corrected chi connectivity index (χ0v) is 16.8. The first-order valence-corrected chi connectivity index (χ1v) is 9.13. The predicted molar refractivity (Wildman–Crippen MR) is 105 cm³/mol. The average molecular weight is 458 g/mol. The molecule has 1 heterocycles. The Bertz CT molecular complexity index is 891. The van der Waals surface area contributed by atoms with E-state index in [-0.39, 0.29) is 0 Å². The summed E-state index contributed by atoms with van der Waals surface area (Å²) in [6, 6.07) is 9.18. The van der Waals surface area contributed by atoms with Gasteiger partial charge in [0.05, 0.1) is 23.7 Å². The Kier molecular flexibility index (Phi) is 6.24. The van der Waals surface area contributed by atoms with E-state index in [0.29, 0.717) is 34.7 Å². The van der Waals surface area contributed by atoms with E-state index < -0.39 is 0 Å². The lowest BCUT2D eigenvalue weighted by Crippen LogP contribution is -2.12. The van der Waals surface area contributed by atoms with Gasteiger partial charge in [0, 0.05) is 4.47 Å². The topological polar surface area (TPSA) is 61.2 Å². The van der Waals surface area contributed by atoms with Crippen molar-refractivity contribution in [3.63, 3.8) is 0 Å². The molecule has 0 spiro atoms. The van der Waals surface area contributed by atoms with Crippen LogP contribution in [-0.4, -0.2) is 22.0 Å². The first kappa shape index (κ1) is 18.8. The van der Waals surface area contributed by atoms with E-state index in [2.05, 4.69) is 31.6 Å². The largest absolute Gasteiger partial charge is 0.493 e. The molecule has 1 aromatic heterocycles. The van der Waals surface area contributed by atoms with Gasteiger partial charge >= 0.3 is 0 Å². The van der Waals surface area contributed by atoms with Crippen LogP contribution in [0.4, 0.5) is 0 Å². The van der Waals surface area contributed by atoms with Gasteiger partial charge in [0.2, 0.25) is 0 Å². The molecule has 0 fully saturated rings. The highest BCUT2D eigenvalue weighted by Crippen LogP contribution is 2.34. The molecule has 3 aromatic rings. The Morgan fingerprint density at radius 3 is 2.54 bits per heavy atom. The molecule has 3 rings (SSSR count). The maximum Gasteiger partial charge on any atom is 0.162 e. The van der Waals surface area contributed by atoms with E-state index in [9.17, 15) is 0 Å². The van der Waals surface area contributed by atoms with Crippen LogP contribution in [0.25, 0.3) is 0 Å². The van der Waals surface area contributed by atoms with Crippen LogP contribution in [-0.2, 0) is 13.2 Å². The van der Waals surface area contributed by atoms with Crippen molar-refractivity contribution in [2.24, 2.45) is 0 Å². The van der Waals surface area contributed by atoms with Gasteiger partial charge in [0.1, 0.15) is 19.3 Å². The van der Waals surface area contributed by atoms with E-state index >= 15 is 0 Å². The Morgan fingerprint density at radius 2 is 1.85 bits per heavy atom. The summed E-state index contributed by atoms with van der Waals surface area (Å²) in [5, 5.41) is 8.50. The Balaban J connectivity index is 1.72. The second kappa shape index (κ2) is 8.62. The van der Waals surface area contributed by atoms with Gasteiger partial charge in [0.25, 0.3) is 0 Å². The van der Waals surface area contributed by atoms with Gasteiger partial charge in [-0.05, 0) is 35.4 Å². The highest BCUT2D eigenvalue weighted by molar-refractivity contribution is 9.10. The molecule has 0 unspecified atom stereocenters. The molecule has 9 heteroatoms. The van der Waals surface area contributed by atoms with E-state index in [1.165, 1.54) is 0 Å². The van der Waals surface area contributed by atoms with Crippen LogP contribution in [0.15, 0.2) is 47.5 Å². The van der Waals surface area contributed by atoms with E-state index in [4.69, 9.17) is 32.7 Å². The van der Waals surface area contributed by atoms with Crippen LogP contribution in [0.1, 0.15) is 11.1 Å². The van der Waals surface area contributed by atoms with Crippen molar-refractivity contribution in [1.82, 2.24) is 14.9 Å².